The smallest absolute Gasteiger partial charge is 0.303 e. The zero-order valence-corrected chi connectivity index (χ0v) is 17.6. The molecule has 1 N–H and O–H groups in total. The van der Waals surface area contributed by atoms with Gasteiger partial charge in [-0.15, -0.1) is 0 Å². The SMILES string of the molecule is C[NH+](Cc1ccc(N2CCOCC2)cc1)CN1C(=O)C(=O)c2cc3c(cc21)OCCO3. The Morgan fingerprint density at radius 2 is 1.61 bits per heavy atom. The Morgan fingerprint density at radius 1 is 0.935 bits per heavy atom. The highest BCUT2D eigenvalue weighted by molar-refractivity contribution is 6.52. The van der Waals surface area contributed by atoms with E-state index in [2.05, 4.69) is 29.2 Å². The highest BCUT2D eigenvalue weighted by Crippen LogP contribution is 2.40. The zero-order chi connectivity index (χ0) is 21.4. The van der Waals surface area contributed by atoms with E-state index >= 15 is 0 Å². The molecule has 0 saturated carbocycles. The summed E-state index contributed by atoms with van der Waals surface area (Å²) in [4.78, 5) is 30.1. The minimum absolute atomic E-state index is 0.386. The van der Waals surface area contributed by atoms with Gasteiger partial charge in [-0.3, -0.25) is 14.5 Å². The van der Waals surface area contributed by atoms with E-state index in [1.165, 1.54) is 11.3 Å². The molecule has 8 nitrogen and oxygen atoms in total. The van der Waals surface area contributed by atoms with Gasteiger partial charge in [0.25, 0.3) is 5.78 Å². The zero-order valence-electron chi connectivity index (χ0n) is 17.6. The number of benzene rings is 2. The number of morpholine rings is 1. The van der Waals surface area contributed by atoms with E-state index < -0.39 is 11.7 Å². The van der Waals surface area contributed by atoms with E-state index in [4.69, 9.17) is 14.2 Å². The van der Waals surface area contributed by atoms with Crippen molar-refractivity contribution in [1.82, 2.24) is 0 Å². The van der Waals surface area contributed by atoms with E-state index in [0.717, 1.165) is 37.7 Å². The molecule has 3 aliphatic heterocycles. The van der Waals surface area contributed by atoms with Crippen LogP contribution >= 0.6 is 0 Å². The van der Waals surface area contributed by atoms with Gasteiger partial charge in [-0.2, -0.15) is 0 Å². The van der Waals surface area contributed by atoms with Gasteiger partial charge in [-0.1, -0.05) is 12.1 Å². The molecular formula is C23H26N3O5+. The number of ketones is 1. The Labute approximate surface area is 180 Å². The van der Waals surface area contributed by atoms with Crippen LogP contribution in [-0.2, 0) is 16.1 Å². The van der Waals surface area contributed by atoms with Crippen LogP contribution in [0, 0.1) is 0 Å². The minimum Gasteiger partial charge on any atom is -0.486 e. The van der Waals surface area contributed by atoms with Gasteiger partial charge in [0.2, 0.25) is 0 Å². The van der Waals surface area contributed by atoms with Gasteiger partial charge in [0.15, 0.2) is 18.2 Å². The molecule has 8 heteroatoms. The molecule has 3 aliphatic rings. The number of carbonyl (C=O) groups is 2. The Hall–Kier alpha value is -3.10. The number of nitrogens with zero attached hydrogens (tertiary/aromatic N) is 2. The monoisotopic (exact) mass is 424 g/mol. The molecule has 1 fully saturated rings. The number of quaternary nitrogens is 1. The molecule has 0 radical (unpaired) electrons. The van der Waals surface area contributed by atoms with Crippen LogP contribution in [0.4, 0.5) is 11.4 Å². The normalized spacial score (nSPS) is 18.9. The van der Waals surface area contributed by atoms with E-state index in [1.807, 2.05) is 7.05 Å². The quantitative estimate of drug-likeness (QED) is 0.705. The first-order valence-electron chi connectivity index (χ1n) is 10.6. The van der Waals surface area contributed by atoms with Crippen LogP contribution in [0.3, 0.4) is 0 Å². The summed E-state index contributed by atoms with van der Waals surface area (Å²) in [5.74, 6) is 0.108. The van der Waals surface area contributed by atoms with Crippen molar-refractivity contribution < 1.29 is 28.7 Å². The molecule has 1 atom stereocenters. The molecular weight excluding hydrogens is 398 g/mol. The molecule has 0 aromatic heterocycles. The first-order chi connectivity index (χ1) is 15.1. The van der Waals surface area contributed by atoms with Gasteiger partial charge in [-0.05, 0) is 18.2 Å². The number of amides is 1. The third-order valence-corrected chi connectivity index (χ3v) is 5.88. The maximum atomic E-state index is 12.7. The van der Waals surface area contributed by atoms with Crippen molar-refractivity contribution in [2.75, 3.05) is 63.0 Å². The fraction of sp³-hybridized carbons (Fsp3) is 0.391. The lowest BCUT2D eigenvalue weighted by Crippen LogP contribution is -3.09. The van der Waals surface area contributed by atoms with Crippen LogP contribution in [0.25, 0.3) is 0 Å². The highest BCUT2D eigenvalue weighted by atomic mass is 16.6. The summed E-state index contributed by atoms with van der Waals surface area (Å²) in [5, 5.41) is 0. The second kappa shape index (κ2) is 8.20. The Bertz CT molecular complexity index is 1000. The summed E-state index contributed by atoms with van der Waals surface area (Å²) in [5.41, 5.74) is 3.36. The topological polar surface area (TPSA) is 72.8 Å². The first kappa shape index (κ1) is 19.8. The summed E-state index contributed by atoms with van der Waals surface area (Å²) in [6.07, 6.45) is 0. The lowest BCUT2D eigenvalue weighted by atomic mass is 10.1. The van der Waals surface area contributed by atoms with Crippen molar-refractivity contribution in [2.24, 2.45) is 0 Å². The number of Topliss-reactive ketones (excluding diaryl/α,β-unsaturated/α-hetero) is 1. The molecule has 31 heavy (non-hydrogen) atoms. The van der Waals surface area contributed by atoms with Gasteiger partial charge in [0.05, 0.1) is 31.5 Å². The van der Waals surface area contributed by atoms with Crippen LogP contribution in [0.5, 0.6) is 11.5 Å². The molecule has 2 aromatic carbocycles. The summed E-state index contributed by atoms with van der Waals surface area (Å²) < 4.78 is 16.6. The number of ether oxygens (including phenoxy) is 3. The summed E-state index contributed by atoms with van der Waals surface area (Å²) in [6, 6.07) is 11.9. The summed E-state index contributed by atoms with van der Waals surface area (Å²) in [7, 11) is 2.02. The van der Waals surface area contributed by atoms with Gasteiger partial charge in [0.1, 0.15) is 19.8 Å². The Balaban J connectivity index is 1.28. The van der Waals surface area contributed by atoms with Crippen molar-refractivity contribution >= 4 is 23.1 Å². The van der Waals surface area contributed by atoms with Gasteiger partial charge in [0, 0.05) is 30.4 Å². The van der Waals surface area contributed by atoms with Crippen LogP contribution in [0.1, 0.15) is 15.9 Å². The van der Waals surface area contributed by atoms with Gasteiger partial charge in [-0.25, -0.2) is 0 Å². The molecule has 0 aliphatic carbocycles. The third-order valence-electron chi connectivity index (χ3n) is 5.88. The van der Waals surface area contributed by atoms with Crippen LogP contribution in [-0.4, -0.2) is 64.9 Å². The van der Waals surface area contributed by atoms with Crippen molar-refractivity contribution in [3.8, 4) is 11.5 Å². The lowest BCUT2D eigenvalue weighted by molar-refractivity contribution is -0.892. The second-order valence-corrected chi connectivity index (χ2v) is 8.13. The molecule has 2 aromatic rings. The molecule has 0 spiro atoms. The predicted octanol–water partition coefficient (Wildman–Crippen LogP) is 0.496. The number of carbonyl (C=O) groups excluding carboxylic acids is 2. The van der Waals surface area contributed by atoms with E-state index in [-0.39, 0.29) is 0 Å². The number of hydrogen-bond acceptors (Lipinski definition) is 6. The largest absolute Gasteiger partial charge is 0.486 e. The number of rotatable bonds is 5. The fourth-order valence-corrected chi connectivity index (χ4v) is 4.31. The fourth-order valence-electron chi connectivity index (χ4n) is 4.31. The van der Waals surface area contributed by atoms with Crippen LogP contribution < -0.4 is 24.2 Å². The average Bonchev–Trinajstić information content (AvgIpc) is 3.03. The molecule has 1 unspecified atom stereocenters. The van der Waals surface area contributed by atoms with Crippen LogP contribution in [0.2, 0.25) is 0 Å². The molecule has 3 heterocycles. The molecule has 1 saturated heterocycles. The Kier molecular flexibility index (Phi) is 5.25. The number of hydrogen-bond donors (Lipinski definition) is 1. The third kappa shape index (κ3) is 3.84. The lowest BCUT2D eigenvalue weighted by Gasteiger charge is -2.29. The van der Waals surface area contributed by atoms with Crippen molar-refractivity contribution in [3.63, 3.8) is 0 Å². The minimum atomic E-state index is -0.501. The standard InChI is InChI=1S/C23H25N3O5/c1-24(14-16-2-4-17(5-3-16)25-6-8-29-9-7-25)15-26-19-13-21-20(30-10-11-31-21)12-18(19)22(27)23(26)28/h2-5,12-13H,6-11,14-15H2,1H3/p+1. The number of fused-ring (bicyclic) bond motifs is 2. The van der Waals surface area contributed by atoms with Crippen molar-refractivity contribution in [2.45, 2.75) is 6.54 Å². The van der Waals surface area contributed by atoms with Gasteiger partial charge >= 0.3 is 5.91 Å². The molecule has 0 bridgehead atoms. The molecule has 1 amide bonds. The highest BCUT2D eigenvalue weighted by Gasteiger charge is 2.39. The Morgan fingerprint density at radius 3 is 2.32 bits per heavy atom. The summed E-state index contributed by atoms with van der Waals surface area (Å²) >= 11 is 0. The van der Waals surface area contributed by atoms with Gasteiger partial charge < -0.3 is 24.0 Å². The summed E-state index contributed by atoms with van der Waals surface area (Å²) in [6.45, 7) is 5.37. The molecule has 5 rings (SSSR count). The number of nitrogens with one attached hydrogen (secondary N) is 1. The van der Waals surface area contributed by atoms with E-state index in [1.54, 1.807) is 17.0 Å². The first-order valence-corrected chi connectivity index (χ1v) is 10.6. The maximum absolute atomic E-state index is 12.7. The average molecular weight is 424 g/mol. The van der Waals surface area contributed by atoms with E-state index in [9.17, 15) is 9.59 Å². The number of anilines is 2. The molecule has 162 valence electrons. The predicted molar refractivity (Wildman–Crippen MR) is 114 cm³/mol. The van der Waals surface area contributed by atoms with Crippen LogP contribution in [0.15, 0.2) is 36.4 Å². The van der Waals surface area contributed by atoms with Crippen molar-refractivity contribution in [3.05, 3.63) is 47.5 Å². The maximum Gasteiger partial charge on any atom is 0.303 e. The van der Waals surface area contributed by atoms with Crippen molar-refractivity contribution in [1.29, 1.82) is 0 Å². The van der Waals surface area contributed by atoms with E-state index in [0.29, 0.717) is 42.6 Å². The second-order valence-electron chi connectivity index (χ2n) is 8.13.